The van der Waals surface area contributed by atoms with Crippen LogP contribution in [-0.4, -0.2) is 69.9 Å². The van der Waals surface area contributed by atoms with E-state index in [1.165, 1.54) is 47.8 Å². The number of azo groups is 2. The van der Waals surface area contributed by atoms with Gasteiger partial charge in [0.15, 0.2) is 5.75 Å². The summed E-state index contributed by atoms with van der Waals surface area (Å²) in [6.45, 7) is 6.82. The van der Waals surface area contributed by atoms with Crippen LogP contribution in [0.4, 0.5) is 28.4 Å². The van der Waals surface area contributed by atoms with Crippen LogP contribution in [-0.2, 0) is 35.1 Å². The lowest BCUT2D eigenvalue weighted by Gasteiger charge is -2.18. The highest BCUT2D eigenvalue weighted by Crippen LogP contribution is 2.46. The van der Waals surface area contributed by atoms with E-state index in [1.807, 2.05) is 0 Å². The smallest absolute Gasteiger partial charge is 0.296 e. The molecule has 0 atom stereocenters. The van der Waals surface area contributed by atoms with Crippen LogP contribution in [0.1, 0.15) is 26.3 Å². The number of ether oxygens (including phenoxy) is 1. The Hall–Kier alpha value is -4.86. The molecule has 0 radical (unpaired) electrons. The molecule has 0 fully saturated rings. The second-order valence-corrected chi connectivity index (χ2v) is 15.3. The van der Waals surface area contributed by atoms with Gasteiger partial charge in [0.1, 0.15) is 22.0 Å². The number of aromatic hydroxyl groups is 1. The lowest BCUT2D eigenvalue weighted by molar-refractivity contribution is -0.114. The Morgan fingerprint density at radius 3 is 1.98 bits per heavy atom. The van der Waals surface area contributed by atoms with Crippen molar-refractivity contribution in [2.45, 2.75) is 42.4 Å². The molecule has 50 heavy (non-hydrogen) atoms. The third kappa shape index (κ3) is 8.12. The van der Waals surface area contributed by atoms with Crippen molar-refractivity contribution in [3.05, 3.63) is 60.2 Å². The topological polar surface area (TPSA) is 254 Å². The summed E-state index contributed by atoms with van der Waals surface area (Å²) in [4.78, 5) is 10.3. The number of methoxy groups -OCH3 is 1. The Bertz CT molecular complexity index is 2380. The predicted octanol–water partition coefficient (Wildman–Crippen LogP) is 6.18. The summed E-state index contributed by atoms with van der Waals surface area (Å²) in [5.74, 6) is -1.44. The van der Waals surface area contributed by atoms with Crippen LogP contribution in [0.15, 0.2) is 89.7 Å². The van der Waals surface area contributed by atoms with Gasteiger partial charge in [0.25, 0.3) is 20.2 Å². The van der Waals surface area contributed by atoms with Gasteiger partial charge in [-0.05, 0) is 66.4 Å². The summed E-state index contributed by atoms with van der Waals surface area (Å²) in [7, 11) is -12.3. The Balaban J connectivity index is 1.77. The van der Waals surface area contributed by atoms with Crippen molar-refractivity contribution in [3.63, 3.8) is 0 Å². The number of anilines is 1. The predicted molar refractivity (Wildman–Crippen MR) is 182 cm³/mol. The number of benzene rings is 4. The third-order valence-electron chi connectivity index (χ3n) is 7.22. The van der Waals surface area contributed by atoms with E-state index in [9.17, 15) is 44.3 Å². The highest BCUT2D eigenvalue weighted by atomic mass is 32.2. The van der Waals surface area contributed by atoms with E-state index >= 15 is 0 Å². The first-order valence-corrected chi connectivity index (χ1v) is 18.8. The Morgan fingerprint density at radius 1 is 0.820 bits per heavy atom. The lowest BCUT2D eigenvalue weighted by atomic mass is 10.1. The van der Waals surface area contributed by atoms with Crippen molar-refractivity contribution >= 4 is 75.4 Å². The van der Waals surface area contributed by atoms with Crippen LogP contribution in [0.3, 0.4) is 0 Å². The van der Waals surface area contributed by atoms with Gasteiger partial charge in [-0.3, -0.25) is 13.9 Å². The number of sulfonamides is 1. The van der Waals surface area contributed by atoms with E-state index in [4.69, 9.17) is 4.74 Å². The number of fused-ring (bicyclic) bond motifs is 1. The van der Waals surface area contributed by atoms with Crippen molar-refractivity contribution < 1.29 is 49.0 Å². The number of hydrogen-bond donors (Lipinski definition) is 4. The van der Waals surface area contributed by atoms with E-state index < -0.39 is 57.4 Å². The van der Waals surface area contributed by atoms with Gasteiger partial charge in [-0.2, -0.15) is 26.3 Å². The molecular weight excluding hydrogens is 717 g/mol. The Morgan fingerprint density at radius 2 is 1.44 bits per heavy atom. The first kappa shape index (κ1) is 38.0. The van der Waals surface area contributed by atoms with Crippen LogP contribution in [0.2, 0.25) is 0 Å². The Labute approximate surface area is 287 Å². The minimum atomic E-state index is -5.12. The average molecular weight is 749 g/mol. The number of hydrogen-bond acceptors (Lipinski definition) is 13. The minimum absolute atomic E-state index is 0.104. The SMILES string of the molecule is CCN(CC)S(=O)(=O)c1ccc(/N=N/c2cc(C)c(/N=N/c3c(S(=O)(=O)O)cc4cc(S(=O)(=O)O)cc(NC(C)=O)c4c3O)cc2OC)cc1. The van der Waals surface area contributed by atoms with Crippen LogP contribution in [0.5, 0.6) is 11.5 Å². The van der Waals surface area contributed by atoms with Crippen molar-refractivity contribution in [2.75, 3.05) is 25.5 Å². The molecule has 0 bridgehead atoms. The van der Waals surface area contributed by atoms with E-state index in [1.54, 1.807) is 20.8 Å². The molecule has 266 valence electrons. The molecule has 0 unspecified atom stereocenters. The number of phenols is 1. The number of nitrogens with one attached hydrogen (secondary N) is 1. The molecule has 4 aromatic carbocycles. The molecule has 0 saturated heterocycles. The maximum absolute atomic E-state index is 12.8. The third-order valence-corrected chi connectivity index (χ3v) is 11.0. The van der Waals surface area contributed by atoms with Crippen molar-refractivity contribution in [2.24, 2.45) is 20.5 Å². The first-order valence-electron chi connectivity index (χ1n) is 14.5. The molecule has 0 saturated carbocycles. The largest absolute Gasteiger partial charge is 0.505 e. The molecule has 0 spiro atoms. The molecular formula is C30H32N6O11S3. The van der Waals surface area contributed by atoms with Gasteiger partial charge in [0.05, 0.1) is 34.0 Å². The zero-order valence-electron chi connectivity index (χ0n) is 27.2. The molecule has 0 heterocycles. The second kappa shape index (κ2) is 14.5. The molecule has 20 heteroatoms. The normalized spacial score (nSPS) is 12.7. The van der Waals surface area contributed by atoms with E-state index in [0.717, 1.165) is 25.1 Å². The maximum Gasteiger partial charge on any atom is 0.296 e. The van der Waals surface area contributed by atoms with Gasteiger partial charge < -0.3 is 15.2 Å². The van der Waals surface area contributed by atoms with Gasteiger partial charge in [0.2, 0.25) is 15.9 Å². The summed E-state index contributed by atoms with van der Waals surface area (Å²) in [6, 6.07) is 11.2. The van der Waals surface area contributed by atoms with Crippen molar-refractivity contribution in [3.8, 4) is 11.5 Å². The van der Waals surface area contributed by atoms with E-state index in [-0.39, 0.29) is 38.5 Å². The minimum Gasteiger partial charge on any atom is -0.505 e. The average Bonchev–Trinajstić information content (AvgIpc) is 3.03. The number of phenolic OH excluding ortho intramolecular Hbond substituents is 1. The number of carbonyl (C=O) groups is 1. The fourth-order valence-electron chi connectivity index (χ4n) is 4.81. The zero-order valence-corrected chi connectivity index (χ0v) is 29.6. The molecule has 17 nitrogen and oxygen atoms in total. The summed E-state index contributed by atoms with van der Waals surface area (Å²) >= 11 is 0. The van der Waals surface area contributed by atoms with Crippen LogP contribution >= 0.6 is 0 Å². The number of nitrogens with zero attached hydrogens (tertiary/aromatic N) is 5. The summed E-state index contributed by atoms with van der Waals surface area (Å²) in [5, 5.41) is 29.2. The fourth-order valence-corrected chi connectivity index (χ4v) is 7.47. The molecule has 1 amide bonds. The number of aryl methyl sites for hydroxylation is 1. The zero-order chi connectivity index (χ0) is 37.2. The van der Waals surface area contributed by atoms with Gasteiger partial charge >= 0.3 is 0 Å². The summed E-state index contributed by atoms with van der Waals surface area (Å²) in [5.41, 5.74) is 0.0568. The highest BCUT2D eigenvalue weighted by Gasteiger charge is 2.26. The quantitative estimate of drug-likeness (QED) is 0.0940. The van der Waals surface area contributed by atoms with Gasteiger partial charge in [-0.25, -0.2) is 8.42 Å². The molecule has 0 aromatic heterocycles. The van der Waals surface area contributed by atoms with Gasteiger partial charge in [-0.1, -0.05) is 13.8 Å². The number of rotatable bonds is 12. The molecule has 4 aromatic rings. The monoisotopic (exact) mass is 748 g/mol. The van der Waals surface area contributed by atoms with Crippen molar-refractivity contribution in [1.82, 2.24) is 4.31 Å². The standard InChI is InChI=1S/C30H32N6O11S3/c1-6-36(7-2)48(39,40)21-10-8-20(9-11-21)32-34-24-12-17(3)23(16-26(24)47-5)33-35-29-27(50(44,45)46)14-19-13-22(49(41,42)43)15-25(31-18(4)37)28(19)30(29)38/h8-16,38H,6-7H2,1-5H3,(H,31,37)(H,41,42,43)(H,44,45,46)/b34-32+,35-33+. The summed E-state index contributed by atoms with van der Waals surface area (Å²) < 4.78 is 100. The molecule has 0 aliphatic rings. The highest BCUT2D eigenvalue weighted by molar-refractivity contribution is 7.89. The second-order valence-electron chi connectivity index (χ2n) is 10.6. The van der Waals surface area contributed by atoms with Crippen LogP contribution in [0.25, 0.3) is 10.8 Å². The lowest BCUT2D eigenvalue weighted by Crippen LogP contribution is -2.30. The van der Waals surface area contributed by atoms with Crippen molar-refractivity contribution in [1.29, 1.82) is 0 Å². The molecule has 4 N–H and O–H groups in total. The molecule has 0 aliphatic carbocycles. The van der Waals surface area contributed by atoms with Gasteiger partial charge in [0, 0.05) is 31.5 Å². The molecule has 4 rings (SSSR count). The van der Waals surface area contributed by atoms with E-state index in [0.29, 0.717) is 24.3 Å². The summed E-state index contributed by atoms with van der Waals surface area (Å²) in [6.07, 6.45) is 0. The number of carbonyl (C=O) groups excluding carboxylic acids is 1. The first-order chi connectivity index (χ1) is 23.3. The Kier molecular flexibility index (Phi) is 11.0. The van der Waals surface area contributed by atoms with Crippen LogP contribution in [0, 0.1) is 6.92 Å². The number of amides is 1. The molecule has 0 aliphatic heterocycles. The van der Waals surface area contributed by atoms with Crippen LogP contribution < -0.4 is 10.1 Å². The van der Waals surface area contributed by atoms with Gasteiger partial charge in [-0.15, -0.1) is 15.3 Å². The fraction of sp³-hybridized carbons (Fsp3) is 0.233. The maximum atomic E-state index is 12.8. The van der Waals surface area contributed by atoms with E-state index in [2.05, 4.69) is 25.8 Å².